The Hall–Kier alpha value is -2.34. The zero-order chi connectivity index (χ0) is 17.9. The first kappa shape index (κ1) is 17.1. The Morgan fingerprint density at radius 1 is 1.12 bits per heavy atom. The normalized spacial score (nSPS) is 22.2. The predicted molar refractivity (Wildman–Crippen MR) is 100 cm³/mol. The van der Waals surface area contributed by atoms with Gasteiger partial charge in [-0.25, -0.2) is 0 Å². The highest BCUT2D eigenvalue weighted by atomic mass is 32.1. The number of likely N-dealkylation sites (tertiary alicyclic amines) is 1. The lowest BCUT2D eigenvalue weighted by molar-refractivity contribution is -0.127. The van der Waals surface area contributed by atoms with E-state index >= 15 is 0 Å². The molecule has 6 heteroatoms. The molecule has 2 aromatic rings. The van der Waals surface area contributed by atoms with E-state index < -0.39 is 6.04 Å². The number of carbonyl (C=O) groups is 2. The molecule has 4 rings (SSSR count). The number of ether oxygens (including phenoxy) is 1. The zero-order valence-electron chi connectivity index (χ0n) is 14.5. The molecule has 0 bridgehead atoms. The van der Waals surface area contributed by atoms with Crippen LogP contribution in [0.4, 0.5) is 0 Å². The molecule has 0 saturated carbocycles. The monoisotopic (exact) mass is 370 g/mol. The fraction of sp³-hybridized carbons (Fsp3) is 0.400. The summed E-state index contributed by atoms with van der Waals surface area (Å²) in [6.07, 6.45) is 3.37. The quantitative estimate of drug-likeness (QED) is 0.901. The van der Waals surface area contributed by atoms with E-state index in [4.69, 9.17) is 4.74 Å². The van der Waals surface area contributed by atoms with E-state index in [-0.39, 0.29) is 17.9 Å². The second-order valence-corrected chi connectivity index (χ2v) is 7.67. The van der Waals surface area contributed by atoms with Gasteiger partial charge in [-0.2, -0.15) is 0 Å². The summed E-state index contributed by atoms with van der Waals surface area (Å²) in [5, 5.41) is 5.06. The summed E-state index contributed by atoms with van der Waals surface area (Å²) in [6.45, 7) is 1.23. The third kappa shape index (κ3) is 3.33. The Labute approximate surface area is 157 Å². The van der Waals surface area contributed by atoms with E-state index in [9.17, 15) is 9.59 Å². The van der Waals surface area contributed by atoms with Crippen LogP contribution in [0.3, 0.4) is 0 Å². The molecule has 26 heavy (non-hydrogen) atoms. The van der Waals surface area contributed by atoms with E-state index in [1.165, 1.54) is 11.3 Å². The van der Waals surface area contributed by atoms with Gasteiger partial charge in [0.15, 0.2) is 0 Å². The Balaban J connectivity index is 1.50. The second kappa shape index (κ2) is 7.50. The highest BCUT2D eigenvalue weighted by Crippen LogP contribution is 2.32. The zero-order valence-corrected chi connectivity index (χ0v) is 15.3. The summed E-state index contributed by atoms with van der Waals surface area (Å²) in [6, 6.07) is 11.1. The predicted octanol–water partition coefficient (Wildman–Crippen LogP) is 3.38. The van der Waals surface area contributed by atoms with E-state index in [1.807, 2.05) is 41.8 Å². The molecule has 0 radical (unpaired) electrons. The van der Waals surface area contributed by atoms with Crippen LogP contribution >= 0.6 is 11.3 Å². The summed E-state index contributed by atoms with van der Waals surface area (Å²) in [5.41, 5.74) is 1.01. The van der Waals surface area contributed by atoms with Crippen LogP contribution in [-0.2, 0) is 4.79 Å². The van der Waals surface area contributed by atoms with Gasteiger partial charge in [0.1, 0.15) is 11.8 Å². The van der Waals surface area contributed by atoms with Gasteiger partial charge >= 0.3 is 0 Å². The van der Waals surface area contributed by atoms with Crippen LogP contribution < -0.4 is 10.1 Å². The number of para-hydroxylation sites is 1. The fourth-order valence-electron chi connectivity index (χ4n) is 3.75. The lowest BCUT2D eigenvalue weighted by Gasteiger charge is -2.36. The molecule has 2 unspecified atom stereocenters. The Morgan fingerprint density at radius 3 is 2.85 bits per heavy atom. The topological polar surface area (TPSA) is 58.6 Å². The summed E-state index contributed by atoms with van der Waals surface area (Å²) < 4.78 is 5.67. The van der Waals surface area contributed by atoms with Crippen LogP contribution in [-0.4, -0.2) is 35.9 Å². The summed E-state index contributed by atoms with van der Waals surface area (Å²) in [5.74, 6) is 0.739. The average molecular weight is 370 g/mol. The van der Waals surface area contributed by atoms with Gasteiger partial charge in [0.25, 0.3) is 5.91 Å². The summed E-state index contributed by atoms with van der Waals surface area (Å²) >= 11 is 1.43. The first-order chi connectivity index (χ1) is 12.7. The molecule has 1 aromatic heterocycles. The van der Waals surface area contributed by atoms with Gasteiger partial charge in [-0.15, -0.1) is 11.3 Å². The van der Waals surface area contributed by atoms with E-state index in [0.717, 1.165) is 30.6 Å². The van der Waals surface area contributed by atoms with Gasteiger partial charge in [0, 0.05) is 18.5 Å². The highest BCUT2D eigenvalue weighted by Gasteiger charge is 2.34. The number of benzene rings is 1. The molecule has 2 aliphatic rings. The van der Waals surface area contributed by atoms with Gasteiger partial charge in [0.05, 0.1) is 17.5 Å². The maximum Gasteiger partial charge on any atom is 0.264 e. The minimum Gasteiger partial charge on any atom is -0.493 e. The first-order valence-corrected chi connectivity index (χ1v) is 9.98. The number of nitrogens with one attached hydrogen (secondary N) is 1. The van der Waals surface area contributed by atoms with Crippen LogP contribution in [0, 0.1) is 0 Å². The van der Waals surface area contributed by atoms with Crippen molar-refractivity contribution < 1.29 is 14.3 Å². The van der Waals surface area contributed by atoms with Crippen molar-refractivity contribution in [1.82, 2.24) is 10.2 Å². The molecule has 1 N–H and O–H groups in total. The lowest BCUT2D eigenvalue weighted by Crippen LogP contribution is -2.52. The van der Waals surface area contributed by atoms with Gasteiger partial charge in [0.2, 0.25) is 5.91 Å². The molecule has 1 fully saturated rings. The number of piperidine rings is 1. The summed E-state index contributed by atoms with van der Waals surface area (Å²) in [7, 11) is 0. The fourth-order valence-corrected chi connectivity index (χ4v) is 4.43. The van der Waals surface area contributed by atoms with Crippen LogP contribution in [0.5, 0.6) is 5.75 Å². The molecular weight excluding hydrogens is 348 g/mol. The Morgan fingerprint density at radius 2 is 2.00 bits per heavy atom. The van der Waals surface area contributed by atoms with Crippen LogP contribution in [0.25, 0.3) is 0 Å². The van der Waals surface area contributed by atoms with E-state index in [1.54, 1.807) is 4.90 Å². The van der Waals surface area contributed by atoms with Crippen molar-refractivity contribution in [3.63, 3.8) is 0 Å². The van der Waals surface area contributed by atoms with Crippen molar-refractivity contribution in [2.24, 2.45) is 0 Å². The van der Waals surface area contributed by atoms with Crippen LogP contribution in [0.2, 0.25) is 0 Å². The van der Waals surface area contributed by atoms with Crippen molar-refractivity contribution in [3.8, 4) is 5.75 Å². The largest absolute Gasteiger partial charge is 0.493 e. The van der Waals surface area contributed by atoms with Crippen molar-refractivity contribution in [1.29, 1.82) is 0 Å². The lowest BCUT2D eigenvalue weighted by atomic mass is 9.97. The van der Waals surface area contributed by atoms with Gasteiger partial charge in [-0.1, -0.05) is 24.3 Å². The van der Waals surface area contributed by atoms with Crippen molar-refractivity contribution in [2.75, 3.05) is 13.2 Å². The number of fused-ring (bicyclic) bond motifs is 1. The third-order valence-electron chi connectivity index (χ3n) is 5.07. The minimum atomic E-state index is -0.395. The number of amides is 2. The average Bonchev–Trinajstić information content (AvgIpc) is 3.22. The molecule has 3 heterocycles. The molecule has 2 amide bonds. The number of hydrogen-bond donors (Lipinski definition) is 1. The maximum absolute atomic E-state index is 13.0. The Kier molecular flexibility index (Phi) is 4.93. The van der Waals surface area contributed by atoms with Crippen molar-refractivity contribution >= 4 is 23.2 Å². The number of carbonyl (C=O) groups excluding carboxylic acids is 2. The van der Waals surface area contributed by atoms with Gasteiger partial charge in [-0.3, -0.25) is 9.59 Å². The van der Waals surface area contributed by atoms with Crippen LogP contribution in [0.1, 0.15) is 47.0 Å². The van der Waals surface area contributed by atoms with Crippen molar-refractivity contribution in [3.05, 3.63) is 52.2 Å². The number of rotatable bonds is 3. The molecule has 136 valence electrons. The smallest absolute Gasteiger partial charge is 0.264 e. The molecule has 1 aromatic carbocycles. The SMILES string of the molecule is O=C(NC1CCOc2ccccc21)C1CCCCN1C(=O)c1cccs1. The van der Waals surface area contributed by atoms with Crippen molar-refractivity contribution in [2.45, 2.75) is 37.8 Å². The van der Waals surface area contributed by atoms with Crippen LogP contribution in [0.15, 0.2) is 41.8 Å². The molecule has 2 atom stereocenters. The third-order valence-corrected chi connectivity index (χ3v) is 5.93. The van der Waals surface area contributed by atoms with Gasteiger partial charge in [-0.05, 0) is 36.8 Å². The summed E-state index contributed by atoms with van der Waals surface area (Å²) in [4.78, 5) is 28.3. The minimum absolute atomic E-state index is 0.0350. The number of hydrogen-bond acceptors (Lipinski definition) is 4. The maximum atomic E-state index is 13.0. The first-order valence-electron chi connectivity index (χ1n) is 9.10. The molecule has 5 nitrogen and oxygen atoms in total. The van der Waals surface area contributed by atoms with E-state index in [0.29, 0.717) is 24.4 Å². The van der Waals surface area contributed by atoms with E-state index in [2.05, 4.69) is 5.32 Å². The standard InChI is InChI=1S/C20H22N2O3S/c23-19(21-15-10-12-25-17-8-2-1-6-14(15)17)16-7-3-4-11-22(16)20(24)18-9-5-13-26-18/h1-2,5-6,8-9,13,15-16H,3-4,7,10-12H2,(H,21,23). The molecule has 2 aliphatic heterocycles. The van der Waals surface area contributed by atoms with Gasteiger partial charge < -0.3 is 15.0 Å². The molecule has 1 saturated heterocycles. The highest BCUT2D eigenvalue weighted by molar-refractivity contribution is 7.12. The second-order valence-electron chi connectivity index (χ2n) is 6.72. The molecular formula is C20H22N2O3S. The number of thiophene rings is 1. The Bertz CT molecular complexity index is 790. The number of nitrogens with zero attached hydrogens (tertiary/aromatic N) is 1. The molecule has 0 spiro atoms. The molecule has 0 aliphatic carbocycles.